The van der Waals surface area contributed by atoms with Crippen LogP contribution in [0.25, 0.3) is 0 Å². The second-order valence-corrected chi connectivity index (χ2v) is 5.54. The van der Waals surface area contributed by atoms with Gasteiger partial charge in [0.25, 0.3) is 0 Å². The summed E-state index contributed by atoms with van der Waals surface area (Å²) >= 11 is 3.37. The molecule has 0 bridgehead atoms. The van der Waals surface area contributed by atoms with Gasteiger partial charge in [-0.15, -0.1) is 0 Å². The Morgan fingerprint density at radius 1 is 1.67 bits per heavy atom. The standard InChI is InChI=1S/C11H21BrN2O/c1-4-10(12)11(15)13-9-5-6-14(3)8(2)7-9/h8-10H,4-7H2,1-3H3,(H,13,15). The van der Waals surface area contributed by atoms with E-state index < -0.39 is 0 Å². The molecule has 3 unspecified atom stereocenters. The predicted octanol–water partition coefficient (Wildman–Crippen LogP) is 1.76. The van der Waals surface area contributed by atoms with Gasteiger partial charge in [-0.2, -0.15) is 0 Å². The molecule has 0 aromatic carbocycles. The summed E-state index contributed by atoms with van der Waals surface area (Å²) in [4.78, 5) is 14.0. The van der Waals surface area contributed by atoms with Crippen LogP contribution in [0.1, 0.15) is 33.1 Å². The van der Waals surface area contributed by atoms with Crippen LogP contribution in [0.3, 0.4) is 0 Å². The Bertz CT molecular complexity index is 223. The molecule has 4 heteroatoms. The van der Waals surface area contributed by atoms with Crippen LogP contribution in [-0.2, 0) is 4.79 Å². The van der Waals surface area contributed by atoms with E-state index in [1.165, 1.54) is 0 Å². The van der Waals surface area contributed by atoms with Gasteiger partial charge in [0.1, 0.15) is 0 Å². The van der Waals surface area contributed by atoms with Crippen LogP contribution in [-0.4, -0.2) is 41.3 Å². The Kier molecular flexibility index (Phi) is 5.06. The average Bonchev–Trinajstić information content (AvgIpc) is 2.22. The van der Waals surface area contributed by atoms with Crippen molar-refractivity contribution in [1.29, 1.82) is 0 Å². The molecule has 0 aromatic rings. The van der Waals surface area contributed by atoms with Crippen LogP contribution < -0.4 is 5.32 Å². The molecule has 3 nitrogen and oxygen atoms in total. The molecule has 1 rings (SSSR count). The highest BCUT2D eigenvalue weighted by atomic mass is 79.9. The zero-order chi connectivity index (χ0) is 11.4. The number of carbonyl (C=O) groups is 1. The Hall–Kier alpha value is -0.0900. The Morgan fingerprint density at radius 3 is 2.87 bits per heavy atom. The lowest BCUT2D eigenvalue weighted by atomic mass is 9.99. The Balaban J connectivity index is 2.36. The van der Waals surface area contributed by atoms with Gasteiger partial charge in [0.15, 0.2) is 0 Å². The van der Waals surface area contributed by atoms with Gasteiger partial charge in [-0.1, -0.05) is 22.9 Å². The summed E-state index contributed by atoms with van der Waals surface area (Å²) in [5.41, 5.74) is 0. The normalized spacial score (nSPS) is 29.9. The van der Waals surface area contributed by atoms with Crippen LogP contribution in [0.2, 0.25) is 0 Å². The molecule has 1 heterocycles. The van der Waals surface area contributed by atoms with Crippen LogP contribution in [0.15, 0.2) is 0 Å². The average molecular weight is 277 g/mol. The number of nitrogens with zero attached hydrogens (tertiary/aromatic N) is 1. The third-order valence-corrected chi connectivity index (χ3v) is 4.26. The van der Waals surface area contributed by atoms with E-state index in [1.54, 1.807) is 0 Å². The number of alkyl halides is 1. The maximum atomic E-state index is 11.7. The third-order valence-electron chi connectivity index (χ3n) is 3.20. The SMILES string of the molecule is CCC(Br)C(=O)NC1CCN(C)C(C)C1. The number of carbonyl (C=O) groups excluding carboxylic acids is 1. The van der Waals surface area contributed by atoms with E-state index in [9.17, 15) is 4.79 Å². The summed E-state index contributed by atoms with van der Waals surface area (Å²) in [5.74, 6) is 0.138. The summed E-state index contributed by atoms with van der Waals surface area (Å²) in [6.07, 6.45) is 2.97. The number of amides is 1. The lowest BCUT2D eigenvalue weighted by Gasteiger charge is -2.35. The molecule has 0 radical (unpaired) electrons. The number of likely N-dealkylation sites (tertiary alicyclic amines) is 1. The van der Waals surface area contributed by atoms with Crippen molar-refractivity contribution in [2.75, 3.05) is 13.6 Å². The number of hydrogen-bond donors (Lipinski definition) is 1. The van der Waals surface area contributed by atoms with E-state index in [0.717, 1.165) is 25.8 Å². The van der Waals surface area contributed by atoms with Crippen molar-refractivity contribution in [3.63, 3.8) is 0 Å². The number of rotatable bonds is 3. The molecule has 0 aliphatic carbocycles. The molecule has 3 atom stereocenters. The monoisotopic (exact) mass is 276 g/mol. The number of piperidine rings is 1. The van der Waals surface area contributed by atoms with Gasteiger partial charge < -0.3 is 10.2 Å². The number of halogens is 1. The van der Waals surface area contributed by atoms with Crippen LogP contribution in [0, 0.1) is 0 Å². The van der Waals surface area contributed by atoms with E-state index in [4.69, 9.17) is 0 Å². The third kappa shape index (κ3) is 3.76. The zero-order valence-electron chi connectivity index (χ0n) is 9.79. The second kappa shape index (κ2) is 5.85. The lowest BCUT2D eigenvalue weighted by molar-refractivity contribution is -0.121. The number of nitrogens with one attached hydrogen (secondary N) is 1. The smallest absolute Gasteiger partial charge is 0.233 e. The highest BCUT2D eigenvalue weighted by Gasteiger charge is 2.25. The Labute approximate surface area is 101 Å². The molecule has 1 amide bonds. The minimum atomic E-state index is -0.0348. The molecule has 1 saturated heterocycles. The molecular formula is C11H21BrN2O. The first-order valence-corrected chi connectivity index (χ1v) is 6.60. The van der Waals surface area contributed by atoms with Gasteiger partial charge >= 0.3 is 0 Å². The molecule has 0 spiro atoms. The van der Waals surface area contributed by atoms with Gasteiger partial charge in [-0.25, -0.2) is 0 Å². The van der Waals surface area contributed by atoms with Crippen molar-refractivity contribution in [2.24, 2.45) is 0 Å². The van der Waals surface area contributed by atoms with Crippen LogP contribution in [0.4, 0.5) is 0 Å². The molecule has 88 valence electrons. The fourth-order valence-corrected chi connectivity index (χ4v) is 2.03. The quantitative estimate of drug-likeness (QED) is 0.797. The van der Waals surface area contributed by atoms with Crippen molar-refractivity contribution in [1.82, 2.24) is 10.2 Å². The predicted molar refractivity (Wildman–Crippen MR) is 66.3 cm³/mol. The molecule has 15 heavy (non-hydrogen) atoms. The fraction of sp³-hybridized carbons (Fsp3) is 0.909. The second-order valence-electron chi connectivity index (χ2n) is 4.44. The van der Waals surface area contributed by atoms with E-state index in [-0.39, 0.29) is 10.7 Å². The minimum Gasteiger partial charge on any atom is -0.352 e. The summed E-state index contributed by atoms with van der Waals surface area (Å²) in [6, 6.07) is 0.926. The molecule has 1 aliphatic rings. The minimum absolute atomic E-state index is 0.0348. The largest absolute Gasteiger partial charge is 0.352 e. The summed E-state index contributed by atoms with van der Waals surface area (Å²) in [5, 5.41) is 3.11. The number of hydrogen-bond acceptors (Lipinski definition) is 2. The van der Waals surface area contributed by atoms with Crippen molar-refractivity contribution < 1.29 is 4.79 Å². The zero-order valence-corrected chi connectivity index (χ0v) is 11.4. The van der Waals surface area contributed by atoms with Crippen molar-refractivity contribution in [3.8, 4) is 0 Å². The fourth-order valence-electron chi connectivity index (χ4n) is 1.90. The first kappa shape index (κ1) is 13.0. The van der Waals surface area contributed by atoms with Crippen LogP contribution >= 0.6 is 15.9 Å². The van der Waals surface area contributed by atoms with Crippen molar-refractivity contribution >= 4 is 21.8 Å². The van der Waals surface area contributed by atoms with Gasteiger partial charge in [-0.05, 0) is 33.2 Å². The van der Waals surface area contributed by atoms with Crippen molar-refractivity contribution in [2.45, 2.75) is 50.0 Å². The topological polar surface area (TPSA) is 32.3 Å². The molecular weight excluding hydrogens is 256 g/mol. The molecule has 0 aromatic heterocycles. The molecule has 1 N–H and O–H groups in total. The van der Waals surface area contributed by atoms with Crippen molar-refractivity contribution in [3.05, 3.63) is 0 Å². The first-order chi connectivity index (χ1) is 7.04. The van der Waals surface area contributed by atoms with E-state index >= 15 is 0 Å². The molecule has 1 fully saturated rings. The summed E-state index contributed by atoms with van der Waals surface area (Å²) in [7, 11) is 2.14. The van der Waals surface area contributed by atoms with E-state index in [2.05, 4.69) is 40.1 Å². The van der Waals surface area contributed by atoms with Gasteiger partial charge in [0, 0.05) is 18.6 Å². The van der Waals surface area contributed by atoms with Crippen LogP contribution in [0.5, 0.6) is 0 Å². The molecule has 0 saturated carbocycles. The maximum Gasteiger partial charge on any atom is 0.233 e. The highest BCUT2D eigenvalue weighted by molar-refractivity contribution is 9.10. The molecule has 1 aliphatic heterocycles. The van der Waals surface area contributed by atoms with Gasteiger partial charge in [-0.3, -0.25) is 4.79 Å². The van der Waals surface area contributed by atoms with Gasteiger partial charge in [0.05, 0.1) is 4.83 Å². The Morgan fingerprint density at radius 2 is 2.33 bits per heavy atom. The van der Waals surface area contributed by atoms with E-state index in [0.29, 0.717) is 12.1 Å². The highest BCUT2D eigenvalue weighted by Crippen LogP contribution is 2.16. The van der Waals surface area contributed by atoms with Gasteiger partial charge in [0.2, 0.25) is 5.91 Å². The summed E-state index contributed by atoms with van der Waals surface area (Å²) in [6.45, 7) is 5.30. The lowest BCUT2D eigenvalue weighted by Crippen LogP contribution is -2.48. The first-order valence-electron chi connectivity index (χ1n) is 5.69. The summed E-state index contributed by atoms with van der Waals surface area (Å²) < 4.78 is 0. The van der Waals surface area contributed by atoms with E-state index in [1.807, 2.05) is 6.92 Å². The maximum absolute atomic E-state index is 11.7.